The quantitative estimate of drug-likeness (QED) is 0.353. The summed E-state index contributed by atoms with van der Waals surface area (Å²) in [7, 11) is 0. The average Bonchev–Trinajstić information content (AvgIpc) is 3.46. The van der Waals surface area contributed by atoms with Gasteiger partial charge < -0.3 is 35.4 Å². The highest BCUT2D eigenvalue weighted by Gasteiger charge is 2.44. The number of benzene rings is 1. The molecule has 3 aromatic rings. The second kappa shape index (κ2) is 11.1. The van der Waals surface area contributed by atoms with Crippen molar-refractivity contribution >= 4 is 34.7 Å². The second-order valence-corrected chi connectivity index (χ2v) is 9.63. The number of aliphatic hydroxyl groups is 3. The van der Waals surface area contributed by atoms with Gasteiger partial charge >= 0.3 is 6.09 Å². The zero-order chi connectivity index (χ0) is 26.8. The van der Waals surface area contributed by atoms with Crippen molar-refractivity contribution < 1.29 is 29.6 Å². The lowest BCUT2D eigenvalue weighted by molar-refractivity contribution is -0.0511. The summed E-state index contributed by atoms with van der Waals surface area (Å²) in [4.78, 5) is 27.0. The van der Waals surface area contributed by atoms with E-state index in [1.54, 1.807) is 29.2 Å². The molecule has 4 atom stereocenters. The normalized spacial score (nSPS) is 23.8. The molecule has 12 nitrogen and oxygen atoms in total. The highest BCUT2D eigenvalue weighted by Crippen LogP contribution is 2.32. The number of halogens is 1. The summed E-state index contributed by atoms with van der Waals surface area (Å²) in [5.41, 5.74) is 6.67. The van der Waals surface area contributed by atoms with Gasteiger partial charge in [0.25, 0.3) is 0 Å². The van der Waals surface area contributed by atoms with Crippen LogP contribution in [0.3, 0.4) is 0 Å². The minimum absolute atomic E-state index is 0.120. The number of imidazole rings is 1. The molecule has 2 aliphatic rings. The Labute approximate surface area is 223 Å². The molecule has 1 aromatic carbocycles. The van der Waals surface area contributed by atoms with Crippen LogP contribution in [0.4, 0.5) is 10.6 Å². The molecule has 2 aliphatic heterocycles. The van der Waals surface area contributed by atoms with E-state index >= 15 is 0 Å². The lowest BCUT2D eigenvalue weighted by Gasteiger charge is -2.30. The summed E-state index contributed by atoms with van der Waals surface area (Å²) in [6, 6.07) is 6.84. The Bertz CT molecular complexity index is 1380. The summed E-state index contributed by atoms with van der Waals surface area (Å²) in [6.07, 6.45) is -1.40. The van der Waals surface area contributed by atoms with Gasteiger partial charge in [-0.3, -0.25) is 4.57 Å². The summed E-state index contributed by atoms with van der Waals surface area (Å²) >= 11 is 6.07. The van der Waals surface area contributed by atoms with E-state index in [0.717, 1.165) is 12.8 Å². The molecular formula is C25H27ClN6O6. The van der Waals surface area contributed by atoms with E-state index in [9.17, 15) is 20.1 Å². The van der Waals surface area contributed by atoms with E-state index in [2.05, 4.69) is 26.8 Å². The minimum atomic E-state index is -1.29. The van der Waals surface area contributed by atoms with E-state index in [1.165, 1.54) is 10.9 Å². The first-order valence-electron chi connectivity index (χ1n) is 12.2. The Morgan fingerprint density at radius 2 is 1.97 bits per heavy atom. The van der Waals surface area contributed by atoms with Crippen LogP contribution in [0.15, 0.2) is 30.6 Å². The van der Waals surface area contributed by atoms with E-state index in [1.807, 2.05) is 0 Å². The van der Waals surface area contributed by atoms with Gasteiger partial charge in [-0.05, 0) is 36.8 Å². The summed E-state index contributed by atoms with van der Waals surface area (Å²) < 4.78 is 12.4. The SMILES string of the molecule is Nc1nc(C#CCC2CCN(C(=O)Oc3ccccc3Cl)CC2)nc2c1ncn2[C@@H]1O[C@H](CO)[C@H](O)C1O. The third kappa shape index (κ3) is 5.24. The number of carbonyl (C=O) groups excluding carboxylic acids is 1. The van der Waals surface area contributed by atoms with Gasteiger partial charge in [0.05, 0.1) is 18.0 Å². The summed E-state index contributed by atoms with van der Waals surface area (Å²) in [5.74, 6) is 6.97. The third-order valence-corrected chi connectivity index (χ3v) is 7.05. The van der Waals surface area contributed by atoms with Gasteiger partial charge in [0.15, 0.2) is 23.4 Å². The van der Waals surface area contributed by atoms with Crippen molar-refractivity contribution in [3.8, 4) is 17.6 Å². The van der Waals surface area contributed by atoms with Crippen LogP contribution in [0.1, 0.15) is 31.3 Å². The number of amides is 1. The van der Waals surface area contributed by atoms with E-state index < -0.39 is 37.2 Å². The predicted molar refractivity (Wildman–Crippen MR) is 136 cm³/mol. The maximum atomic E-state index is 12.5. The number of nitrogens with zero attached hydrogens (tertiary/aromatic N) is 5. The van der Waals surface area contributed by atoms with Crippen LogP contribution in [-0.2, 0) is 4.74 Å². The maximum Gasteiger partial charge on any atom is 0.415 e. The molecular weight excluding hydrogens is 516 g/mol. The monoisotopic (exact) mass is 542 g/mol. The molecule has 0 spiro atoms. The number of para-hydroxylation sites is 1. The van der Waals surface area contributed by atoms with Gasteiger partial charge in [0.2, 0.25) is 5.82 Å². The summed E-state index contributed by atoms with van der Waals surface area (Å²) in [6.45, 7) is 0.653. The zero-order valence-electron chi connectivity index (χ0n) is 20.3. The number of aromatic nitrogens is 4. The number of nitrogens with two attached hydrogens (primary N) is 1. The van der Waals surface area contributed by atoms with E-state index in [-0.39, 0.29) is 17.6 Å². The number of likely N-dealkylation sites (tertiary alicyclic amines) is 1. The molecule has 2 aromatic heterocycles. The topological polar surface area (TPSA) is 169 Å². The van der Waals surface area contributed by atoms with Gasteiger partial charge in [0, 0.05) is 19.5 Å². The lowest BCUT2D eigenvalue weighted by Crippen LogP contribution is -2.40. The third-order valence-electron chi connectivity index (χ3n) is 6.74. The van der Waals surface area contributed by atoms with Crippen LogP contribution < -0.4 is 10.5 Å². The maximum absolute atomic E-state index is 12.5. The number of nitrogen functional groups attached to an aromatic ring is 1. The molecule has 0 aliphatic carbocycles. The average molecular weight is 543 g/mol. The number of piperidine rings is 1. The standard InChI is InChI=1S/C25H27ClN6O6/c26-15-5-1-2-6-16(15)38-25(36)31-10-8-14(9-11-31)4-3-7-18-29-22(27)19-23(30-18)32(13-28-19)24-21(35)20(34)17(12-33)37-24/h1-2,5-6,13-14,17,20-21,24,33-35H,4,8-12H2,(H2,27,29,30)/t17-,20+,21?,24-/m1/s1. The van der Waals surface area contributed by atoms with E-state index in [0.29, 0.717) is 41.4 Å². The number of hydrogen-bond acceptors (Lipinski definition) is 10. The molecule has 0 saturated carbocycles. The second-order valence-electron chi connectivity index (χ2n) is 9.22. The molecule has 5 N–H and O–H groups in total. The van der Waals surface area contributed by atoms with Crippen molar-refractivity contribution in [2.75, 3.05) is 25.4 Å². The van der Waals surface area contributed by atoms with Crippen LogP contribution in [0.25, 0.3) is 11.2 Å². The molecule has 2 fully saturated rings. The fourth-order valence-electron chi connectivity index (χ4n) is 4.57. The minimum Gasteiger partial charge on any atom is -0.409 e. The fourth-order valence-corrected chi connectivity index (χ4v) is 4.74. The van der Waals surface area contributed by atoms with E-state index in [4.69, 9.17) is 26.8 Å². The highest BCUT2D eigenvalue weighted by atomic mass is 35.5. The first kappa shape index (κ1) is 26.1. The van der Waals surface area contributed by atoms with Crippen molar-refractivity contribution in [1.29, 1.82) is 0 Å². The molecule has 1 unspecified atom stereocenters. The highest BCUT2D eigenvalue weighted by molar-refractivity contribution is 6.32. The Kier molecular flexibility index (Phi) is 7.64. The van der Waals surface area contributed by atoms with Crippen LogP contribution >= 0.6 is 11.6 Å². The Balaban J connectivity index is 1.21. The Hall–Kier alpha value is -3.47. The molecule has 200 valence electrons. The zero-order valence-corrected chi connectivity index (χ0v) is 21.0. The van der Waals surface area contributed by atoms with Crippen molar-refractivity contribution in [1.82, 2.24) is 24.4 Å². The molecule has 5 rings (SSSR count). The van der Waals surface area contributed by atoms with Gasteiger partial charge in [-0.25, -0.2) is 19.7 Å². The van der Waals surface area contributed by atoms with Crippen molar-refractivity contribution in [3.63, 3.8) is 0 Å². The van der Waals surface area contributed by atoms with Gasteiger partial charge in [-0.1, -0.05) is 29.7 Å². The number of anilines is 1. The molecule has 0 radical (unpaired) electrons. The van der Waals surface area contributed by atoms with Crippen molar-refractivity contribution in [2.24, 2.45) is 5.92 Å². The first-order valence-corrected chi connectivity index (χ1v) is 12.6. The fraction of sp³-hybridized carbons (Fsp3) is 0.440. The summed E-state index contributed by atoms with van der Waals surface area (Å²) in [5, 5.41) is 30.2. The molecule has 0 bridgehead atoms. The number of aliphatic hydroxyl groups excluding tert-OH is 3. The molecule has 1 amide bonds. The lowest BCUT2D eigenvalue weighted by atomic mass is 9.94. The Morgan fingerprint density at radius 3 is 2.68 bits per heavy atom. The molecule has 13 heteroatoms. The number of hydrogen-bond donors (Lipinski definition) is 4. The Morgan fingerprint density at radius 1 is 1.21 bits per heavy atom. The van der Waals surface area contributed by atoms with Gasteiger partial charge in [-0.2, -0.15) is 0 Å². The van der Waals surface area contributed by atoms with Crippen LogP contribution in [0.2, 0.25) is 5.02 Å². The molecule has 2 saturated heterocycles. The number of ether oxygens (including phenoxy) is 2. The van der Waals surface area contributed by atoms with Gasteiger partial charge in [-0.15, -0.1) is 0 Å². The molecule has 38 heavy (non-hydrogen) atoms. The van der Waals surface area contributed by atoms with Crippen LogP contribution in [0.5, 0.6) is 5.75 Å². The predicted octanol–water partition coefficient (Wildman–Crippen LogP) is 1.33. The number of carbonyl (C=O) groups is 1. The van der Waals surface area contributed by atoms with Crippen LogP contribution in [-0.4, -0.2) is 83.8 Å². The number of fused-ring (bicyclic) bond motifs is 1. The molecule has 4 heterocycles. The van der Waals surface area contributed by atoms with Crippen molar-refractivity contribution in [3.05, 3.63) is 41.4 Å². The first-order chi connectivity index (χ1) is 18.4. The largest absolute Gasteiger partial charge is 0.415 e. The van der Waals surface area contributed by atoms with Crippen molar-refractivity contribution in [2.45, 2.75) is 43.8 Å². The van der Waals surface area contributed by atoms with Gasteiger partial charge in [0.1, 0.15) is 23.8 Å². The number of rotatable bonds is 4. The smallest absolute Gasteiger partial charge is 0.409 e. The van der Waals surface area contributed by atoms with Crippen LogP contribution in [0, 0.1) is 17.8 Å².